The van der Waals surface area contributed by atoms with Crippen molar-refractivity contribution in [3.05, 3.63) is 145 Å². The van der Waals surface area contributed by atoms with Crippen molar-refractivity contribution in [2.45, 2.75) is 0 Å². The molecule has 0 spiro atoms. The van der Waals surface area contributed by atoms with Gasteiger partial charge in [0.05, 0.1) is 22.8 Å². The monoisotopic (exact) mass is 766 g/mol. The number of nitrogens with zero attached hydrogens (tertiary/aromatic N) is 8. The fourth-order valence-corrected chi connectivity index (χ4v) is 6.94. The van der Waals surface area contributed by atoms with Gasteiger partial charge in [-0.05, 0) is 68.8 Å². The van der Waals surface area contributed by atoms with E-state index in [9.17, 15) is 0 Å². The first kappa shape index (κ1) is 36.4. The first-order valence-electron chi connectivity index (χ1n) is 17.3. The number of halogens is 1. The molecule has 0 radical (unpaired) electrons. The predicted octanol–water partition coefficient (Wildman–Crippen LogP) is 2.88. The maximum absolute atomic E-state index is 5.35. The maximum atomic E-state index is 5.35. The Morgan fingerprint density at radius 1 is 0.352 bits per heavy atom. The zero-order valence-electron chi connectivity index (χ0n) is 30.2. The van der Waals surface area contributed by atoms with Gasteiger partial charge in [0, 0.05) is 48.5 Å². The summed E-state index contributed by atoms with van der Waals surface area (Å²) in [4.78, 5) is 21.4. The van der Waals surface area contributed by atoms with E-state index in [1.54, 1.807) is 0 Å². The standard InChI is InChI=1S/C44H36N8.ClH.Mn/c1-49-21-13-29(14-22-49)41-33-5-7-35(45-33)42(30-15-23-50(2)24-16-30)37-9-11-39(47-37)44(32-19-27-52(4)28-20-32)40-12-10-38(48-40)43(36-8-6-34(41)46-36)31-17-25-51(3)26-18-31;;/h5-28H,1-4H3;1H;/q+2;;+3/p-1. The molecule has 0 aromatic carbocycles. The van der Waals surface area contributed by atoms with E-state index in [0.717, 1.165) is 89.4 Å². The molecule has 2 aliphatic heterocycles. The first-order chi connectivity index (χ1) is 25.4. The number of aryl methyl sites for hydroxylation is 4. The van der Waals surface area contributed by atoms with Crippen LogP contribution in [0.1, 0.15) is 22.8 Å². The molecular weight excluding hydrogens is 731 g/mol. The van der Waals surface area contributed by atoms with Crippen molar-refractivity contribution in [1.82, 2.24) is 19.9 Å². The minimum absolute atomic E-state index is 0. The molecule has 9 rings (SSSR count). The predicted molar refractivity (Wildman–Crippen MR) is 203 cm³/mol. The van der Waals surface area contributed by atoms with E-state index >= 15 is 0 Å². The van der Waals surface area contributed by atoms with E-state index in [4.69, 9.17) is 19.9 Å². The molecule has 0 saturated heterocycles. The third-order valence-corrected chi connectivity index (χ3v) is 9.68. The summed E-state index contributed by atoms with van der Waals surface area (Å²) in [5.41, 5.74) is 14.7. The van der Waals surface area contributed by atoms with Crippen LogP contribution in [0.4, 0.5) is 0 Å². The van der Waals surface area contributed by atoms with E-state index in [-0.39, 0.29) is 29.5 Å². The Morgan fingerprint density at radius 3 is 0.759 bits per heavy atom. The topological polar surface area (TPSA) is 69.5 Å². The van der Waals surface area contributed by atoms with Crippen molar-refractivity contribution in [2.75, 3.05) is 0 Å². The van der Waals surface area contributed by atoms with Crippen LogP contribution in [-0.4, -0.2) is 9.97 Å². The number of pyridine rings is 4. The van der Waals surface area contributed by atoms with Gasteiger partial charge >= 0.3 is 17.1 Å². The second kappa shape index (κ2) is 14.8. The minimum Gasteiger partial charge on any atom is -1.00 e. The van der Waals surface area contributed by atoms with E-state index in [0.29, 0.717) is 0 Å². The van der Waals surface area contributed by atoms with Crippen LogP contribution in [-0.2, 0) is 45.3 Å². The molecule has 10 heteroatoms. The van der Waals surface area contributed by atoms with E-state index in [2.05, 4.69) is 147 Å². The summed E-state index contributed by atoms with van der Waals surface area (Å²) in [6.07, 6.45) is 24.9. The van der Waals surface area contributed by atoms with Crippen molar-refractivity contribution >= 4 is 46.4 Å². The molecule has 7 aromatic heterocycles. The van der Waals surface area contributed by atoms with Crippen molar-refractivity contribution in [3.8, 4) is 44.5 Å². The Labute approximate surface area is 330 Å². The summed E-state index contributed by atoms with van der Waals surface area (Å²) in [5.74, 6) is 0. The third kappa shape index (κ3) is 6.69. The molecule has 0 fully saturated rings. The largest absolute Gasteiger partial charge is 3.00 e. The normalized spacial score (nSPS) is 11.6. The van der Waals surface area contributed by atoms with Crippen LogP contribution in [0, 0.1) is 0 Å². The molecular formula is C44H36ClMnN8+4. The van der Waals surface area contributed by atoms with Gasteiger partial charge in [0.25, 0.3) is 0 Å². The van der Waals surface area contributed by atoms with Crippen molar-refractivity contribution < 1.29 is 47.7 Å². The summed E-state index contributed by atoms with van der Waals surface area (Å²) in [6, 6.07) is 25.4. The van der Waals surface area contributed by atoms with E-state index in [1.807, 2.05) is 46.5 Å². The molecule has 0 N–H and O–H groups in total. The minimum atomic E-state index is 0. The fraction of sp³-hybridized carbons (Fsp3) is 0.0909. The van der Waals surface area contributed by atoms with Crippen molar-refractivity contribution in [3.63, 3.8) is 0 Å². The SMILES string of the molecule is C[n+]1ccc(-c2c3nc(c(-c4cc[n+](C)cc4)c4ccc([n-]4)c(-c4cc[n+](C)cc4)c4nc(c(-c5cc[n+](C)cc5)c5ccc2[n-]5)C=C4)C=C3)cc1.[Cl-].[Mn+3]. The van der Waals surface area contributed by atoms with Crippen molar-refractivity contribution in [1.29, 1.82) is 0 Å². The van der Waals surface area contributed by atoms with Gasteiger partial charge in [-0.1, -0.05) is 24.3 Å². The Balaban J connectivity index is 0.00000225. The summed E-state index contributed by atoms with van der Waals surface area (Å²) >= 11 is 0. The number of fused-ring (bicyclic) bond motifs is 8. The Hall–Kier alpha value is -5.99. The molecule has 0 amide bonds. The van der Waals surface area contributed by atoms with Crippen LogP contribution in [0.5, 0.6) is 0 Å². The molecule has 2 aliphatic rings. The fourth-order valence-electron chi connectivity index (χ4n) is 6.94. The van der Waals surface area contributed by atoms with Crippen LogP contribution < -0.4 is 40.6 Å². The quantitative estimate of drug-likeness (QED) is 0.204. The number of hydrogen-bond donors (Lipinski definition) is 0. The zero-order valence-corrected chi connectivity index (χ0v) is 32.1. The molecule has 262 valence electrons. The molecule has 8 nitrogen and oxygen atoms in total. The average molecular weight is 767 g/mol. The number of aromatic nitrogens is 8. The van der Waals surface area contributed by atoms with Crippen LogP contribution >= 0.6 is 0 Å². The molecule has 54 heavy (non-hydrogen) atoms. The average Bonchev–Trinajstić information content (AvgIpc) is 3.99. The molecule has 9 heterocycles. The summed E-state index contributed by atoms with van der Waals surface area (Å²) in [6.45, 7) is 0. The Bertz CT molecular complexity index is 2370. The van der Waals surface area contributed by atoms with Gasteiger partial charge in [-0.25, -0.2) is 28.2 Å². The van der Waals surface area contributed by atoms with Gasteiger partial charge in [0.1, 0.15) is 28.2 Å². The Morgan fingerprint density at radius 2 is 0.556 bits per heavy atom. The van der Waals surface area contributed by atoms with Gasteiger partial charge < -0.3 is 22.4 Å². The molecule has 0 atom stereocenters. The second-order valence-corrected chi connectivity index (χ2v) is 13.4. The zero-order chi connectivity index (χ0) is 35.3. The van der Waals surface area contributed by atoms with Crippen LogP contribution in [0.25, 0.3) is 90.9 Å². The Kier molecular flexibility index (Phi) is 9.97. The number of hydrogen-bond acceptors (Lipinski definition) is 2. The summed E-state index contributed by atoms with van der Waals surface area (Å²) < 4.78 is 8.14. The van der Waals surface area contributed by atoms with Gasteiger partial charge in [-0.2, -0.15) is 0 Å². The molecule has 8 bridgehead atoms. The summed E-state index contributed by atoms with van der Waals surface area (Å²) in [7, 11) is 8.10. The maximum Gasteiger partial charge on any atom is 3.00 e. The van der Waals surface area contributed by atoms with Gasteiger partial charge in [0.15, 0.2) is 49.6 Å². The van der Waals surface area contributed by atoms with Gasteiger partial charge in [-0.3, -0.25) is 0 Å². The number of rotatable bonds is 4. The first-order valence-corrected chi connectivity index (χ1v) is 17.3. The van der Waals surface area contributed by atoms with Crippen molar-refractivity contribution in [2.24, 2.45) is 28.2 Å². The second-order valence-electron chi connectivity index (χ2n) is 13.4. The van der Waals surface area contributed by atoms with Gasteiger partial charge in [0.2, 0.25) is 0 Å². The van der Waals surface area contributed by atoms with E-state index < -0.39 is 0 Å². The van der Waals surface area contributed by atoms with Crippen LogP contribution in [0.2, 0.25) is 0 Å². The van der Waals surface area contributed by atoms with Crippen LogP contribution in [0.3, 0.4) is 0 Å². The van der Waals surface area contributed by atoms with Gasteiger partial charge in [-0.15, -0.1) is 22.1 Å². The molecule has 0 unspecified atom stereocenters. The molecule has 7 aromatic rings. The smallest absolute Gasteiger partial charge is 1.00 e. The third-order valence-electron chi connectivity index (χ3n) is 9.68. The summed E-state index contributed by atoms with van der Waals surface area (Å²) in [5, 5.41) is 0. The molecule has 0 aliphatic carbocycles. The van der Waals surface area contributed by atoms with Crippen LogP contribution in [0.15, 0.2) is 122 Å². The van der Waals surface area contributed by atoms with E-state index in [1.165, 1.54) is 0 Å². The molecule has 0 saturated carbocycles.